The van der Waals surface area contributed by atoms with E-state index in [2.05, 4.69) is 36.3 Å². The van der Waals surface area contributed by atoms with Crippen LogP contribution in [0.4, 0.5) is 0 Å². The lowest BCUT2D eigenvalue weighted by Gasteiger charge is -2.21. The van der Waals surface area contributed by atoms with E-state index >= 15 is 0 Å². The summed E-state index contributed by atoms with van der Waals surface area (Å²) in [6, 6.07) is 10.5. The van der Waals surface area contributed by atoms with Crippen LogP contribution in [0.2, 0.25) is 0 Å². The van der Waals surface area contributed by atoms with Gasteiger partial charge in [-0.05, 0) is 55.3 Å². The van der Waals surface area contributed by atoms with Crippen molar-refractivity contribution in [3.05, 3.63) is 59.4 Å². The van der Waals surface area contributed by atoms with Gasteiger partial charge in [0.2, 0.25) is 0 Å². The van der Waals surface area contributed by atoms with Crippen molar-refractivity contribution in [2.75, 3.05) is 13.2 Å². The lowest BCUT2D eigenvalue weighted by molar-refractivity contribution is 0.339. The summed E-state index contributed by atoms with van der Waals surface area (Å²) in [5.41, 5.74) is 3.66. The van der Waals surface area contributed by atoms with Gasteiger partial charge in [0.15, 0.2) is 0 Å². The van der Waals surface area contributed by atoms with Gasteiger partial charge in [-0.2, -0.15) is 0 Å². The summed E-state index contributed by atoms with van der Waals surface area (Å²) in [5.74, 6) is 0.912. The molecule has 0 radical (unpaired) electrons. The minimum absolute atomic E-state index is 0.147. The second-order valence-electron chi connectivity index (χ2n) is 4.73. The SMILES string of the molecule is CCNC(c1cccc(OCC)c1)c1cnccc1C. The second-order valence-corrected chi connectivity index (χ2v) is 4.73. The standard InChI is InChI=1S/C17H22N2O/c1-4-19-17(16-12-18-10-9-13(16)3)14-7-6-8-15(11-14)20-5-2/h6-12,17,19H,4-5H2,1-3H3. The Bertz CT molecular complexity index is 554. The van der Waals surface area contributed by atoms with E-state index in [-0.39, 0.29) is 6.04 Å². The molecule has 0 amide bonds. The average Bonchev–Trinajstić information content (AvgIpc) is 2.46. The summed E-state index contributed by atoms with van der Waals surface area (Å²) in [7, 11) is 0. The molecule has 0 spiro atoms. The van der Waals surface area contributed by atoms with Crippen molar-refractivity contribution in [2.24, 2.45) is 0 Å². The molecule has 1 N–H and O–H groups in total. The van der Waals surface area contributed by atoms with E-state index in [1.54, 1.807) is 0 Å². The number of hydrogen-bond acceptors (Lipinski definition) is 3. The lowest BCUT2D eigenvalue weighted by Crippen LogP contribution is -2.23. The Kier molecular flexibility index (Phi) is 5.13. The Morgan fingerprint density at radius 2 is 2.10 bits per heavy atom. The van der Waals surface area contributed by atoms with E-state index in [4.69, 9.17) is 4.74 Å². The van der Waals surface area contributed by atoms with Crippen LogP contribution in [0.5, 0.6) is 5.75 Å². The molecule has 0 fully saturated rings. The number of pyridine rings is 1. The van der Waals surface area contributed by atoms with Crippen LogP contribution in [0, 0.1) is 6.92 Å². The number of aromatic nitrogens is 1. The largest absolute Gasteiger partial charge is 0.494 e. The molecule has 1 atom stereocenters. The van der Waals surface area contributed by atoms with Crippen LogP contribution in [-0.4, -0.2) is 18.1 Å². The van der Waals surface area contributed by atoms with Crippen molar-refractivity contribution >= 4 is 0 Å². The van der Waals surface area contributed by atoms with E-state index in [1.165, 1.54) is 16.7 Å². The highest BCUT2D eigenvalue weighted by Crippen LogP contribution is 2.26. The summed E-state index contributed by atoms with van der Waals surface area (Å²) in [6.45, 7) is 7.82. The van der Waals surface area contributed by atoms with Gasteiger partial charge in [0, 0.05) is 12.4 Å². The van der Waals surface area contributed by atoms with Gasteiger partial charge in [-0.3, -0.25) is 4.98 Å². The van der Waals surface area contributed by atoms with E-state index in [0.29, 0.717) is 6.61 Å². The molecular formula is C17H22N2O. The zero-order chi connectivity index (χ0) is 14.4. The molecule has 0 saturated heterocycles. The van der Waals surface area contributed by atoms with Crippen LogP contribution >= 0.6 is 0 Å². The molecule has 20 heavy (non-hydrogen) atoms. The monoisotopic (exact) mass is 270 g/mol. The summed E-state index contributed by atoms with van der Waals surface area (Å²) < 4.78 is 5.60. The lowest BCUT2D eigenvalue weighted by atomic mass is 9.96. The third-order valence-electron chi connectivity index (χ3n) is 3.30. The molecule has 1 aromatic carbocycles. The van der Waals surface area contributed by atoms with E-state index in [0.717, 1.165) is 12.3 Å². The maximum atomic E-state index is 5.60. The molecule has 0 saturated carbocycles. The smallest absolute Gasteiger partial charge is 0.119 e. The Balaban J connectivity index is 2.38. The zero-order valence-electron chi connectivity index (χ0n) is 12.4. The molecule has 0 aliphatic heterocycles. The predicted molar refractivity (Wildman–Crippen MR) is 82.1 cm³/mol. The van der Waals surface area contributed by atoms with Gasteiger partial charge < -0.3 is 10.1 Å². The molecule has 3 heteroatoms. The molecule has 106 valence electrons. The fraction of sp³-hybridized carbons (Fsp3) is 0.353. The summed E-state index contributed by atoms with van der Waals surface area (Å²) >= 11 is 0. The number of ether oxygens (including phenoxy) is 1. The molecule has 0 bridgehead atoms. The highest BCUT2D eigenvalue weighted by Gasteiger charge is 2.15. The Labute approximate surface area is 121 Å². The number of benzene rings is 1. The summed E-state index contributed by atoms with van der Waals surface area (Å²) in [4.78, 5) is 4.26. The number of hydrogen-bond donors (Lipinski definition) is 1. The number of aryl methyl sites for hydroxylation is 1. The topological polar surface area (TPSA) is 34.1 Å². The molecule has 3 nitrogen and oxygen atoms in total. The first kappa shape index (κ1) is 14.5. The van der Waals surface area contributed by atoms with Gasteiger partial charge in [0.1, 0.15) is 5.75 Å². The highest BCUT2D eigenvalue weighted by atomic mass is 16.5. The van der Waals surface area contributed by atoms with Gasteiger partial charge in [0.25, 0.3) is 0 Å². The molecule has 1 aromatic heterocycles. The first-order chi connectivity index (χ1) is 9.76. The maximum absolute atomic E-state index is 5.60. The number of nitrogens with one attached hydrogen (secondary N) is 1. The van der Waals surface area contributed by atoms with Crippen LogP contribution < -0.4 is 10.1 Å². The fourth-order valence-corrected chi connectivity index (χ4v) is 2.34. The van der Waals surface area contributed by atoms with E-state index in [9.17, 15) is 0 Å². The van der Waals surface area contributed by atoms with Crippen molar-refractivity contribution < 1.29 is 4.74 Å². The third-order valence-corrected chi connectivity index (χ3v) is 3.30. The number of nitrogens with zero attached hydrogens (tertiary/aromatic N) is 1. The Hall–Kier alpha value is -1.87. The van der Waals surface area contributed by atoms with Crippen molar-refractivity contribution in [2.45, 2.75) is 26.8 Å². The molecule has 2 aromatic rings. The molecule has 1 heterocycles. The van der Waals surface area contributed by atoms with Crippen molar-refractivity contribution in [3.8, 4) is 5.75 Å². The van der Waals surface area contributed by atoms with Gasteiger partial charge in [-0.25, -0.2) is 0 Å². The maximum Gasteiger partial charge on any atom is 0.119 e. The van der Waals surface area contributed by atoms with Crippen LogP contribution in [-0.2, 0) is 0 Å². The third kappa shape index (κ3) is 3.36. The molecule has 0 aliphatic rings. The Morgan fingerprint density at radius 1 is 1.25 bits per heavy atom. The second kappa shape index (κ2) is 7.06. The quantitative estimate of drug-likeness (QED) is 0.872. The van der Waals surface area contributed by atoms with Crippen LogP contribution in [0.3, 0.4) is 0 Å². The Morgan fingerprint density at radius 3 is 2.80 bits per heavy atom. The van der Waals surface area contributed by atoms with Crippen molar-refractivity contribution in [1.29, 1.82) is 0 Å². The molecule has 0 aliphatic carbocycles. The van der Waals surface area contributed by atoms with Crippen molar-refractivity contribution in [1.82, 2.24) is 10.3 Å². The first-order valence-electron chi connectivity index (χ1n) is 7.13. The number of rotatable bonds is 6. The minimum atomic E-state index is 0.147. The predicted octanol–water partition coefficient (Wildman–Crippen LogP) is 3.49. The van der Waals surface area contributed by atoms with Gasteiger partial charge >= 0.3 is 0 Å². The van der Waals surface area contributed by atoms with Crippen LogP contribution in [0.15, 0.2) is 42.7 Å². The minimum Gasteiger partial charge on any atom is -0.494 e. The van der Waals surface area contributed by atoms with Crippen LogP contribution in [0.1, 0.15) is 36.6 Å². The van der Waals surface area contributed by atoms with E-state index in [1.807, 2.05) is 37.5 Å². The highest BCUT2D eigenvalue weighted by molar-refractivity contribution is 5.38. The molecule has 1 unspecified atom stereocenters. The van der Waals surface area contributed by atoms with Crippen molar-refractivity contribution in [3.63, 3.8) is 0 Å². The first-order valence-corrected chi connectivity index (χ1v) is 7.13. The van der Waals surface area contributed by atoms with Gasteiger partial charge in [-0.15, -0.1) is 0 Å². The summed E-state index contributed by atoms with van der Waals surface area (Å²) in [5, 5.41) is 3.53. The average molecular weight is 270 g/mol. The summed E-state index contributed by atoms with van der Waals surface area (Å²) in [6.07, 6.45) is 3.77. The fourth-order valence-electron chi connectivity index (χ4n) is 2.34. The zero-order valence-corrected chi connectivity index (χ0v) is 12.4. The van der Waals surface area contributed by atoms with Gasteiger partial charge in [0.05, 0.1) is 12.6 Å². The van der Waals surface area contributed by atoms with E-state index < -0.39 is 0 Å². The van der Waals surface area contributed by atoms with Crippen LogP contribution in [0.25, 0.3) is 0 Å². The molecule has 2 rings (SSSR count). The van der Waals surface area contributed by atoms with Gasteiger partial charge in [-0.1, -0.05) is 19.1 Å². The normalized spacial score (nSPS) is 12.2. The molecular weight excluding hydrogens is 248 g/mol.